The van der Waals surface area contributed by atoms with Gasteiger partial charge in [0.05, 0.1) is 29.2 Å². The fraction of sp³-hybridized carbons (Fsp3) is 0.400. The number of carbonyl (C=O) groups is 2. The van der Waals surface area contributed by atoms with Gasteiger partial charge in [-0.15, -0.1) is 0 Å². The number of aromatic nitrogens is 2. The molecule has 1 aliphatic rings. The van der Waals surface area contributed by atoms with Crippen LogP contribution >= 0.6 is 0 Å². The lowest BCUT2D eigenvalue weighted by Crippen LogP contribution is -2.51. The normalized spacial score (nSPS) is 20.2. The first kappa shape index (κ1) is 20.9. The molecule has 0 aliphatic carbocycles. The molecule has 2 atom stereocenters. The van der Waals surface area contributed by atoms with Gasteiger partial charge < -0.3 is 10.6 Å². The summed E-state index contributed by atoms with van der Waals surface area (Å²) in [5.41, 5.74) is 2.42. The lowest BCUT2D eigenvalue weighted by Gasteiger charge is -2.20. The van der Waals surface area contributed by atoms with E-state index >= 15 is 0 Å². The lowest BCUT2D eigenvalue weighted by molar-refractivity contribution is -0.121. The zero-order valence-electron chi connectivity index (χ0n) is 16.4. The Hall–Kier alpha value is -2.81. The summed E-state index contributed by atoms with van der Waals surface area (Å²) in [7, 11) is -3.36. The summed E-state index contributed by atoms with van der Waals surface area (Å²) >= 11 is 0. The summed E-state index contributed by atoms with van der Waals surface area (Å²) in [5.74, 6) is -0.590. The molecule has 0 radical (unpaired) electrons. The highest BCUT2D eigenvalue weighted by molar-refractivity contribution is 7.91. The van der Waals surface area contributed by atoms with Gasteiger partial charge in [0.1, 0.15) is 5.82 Å². The smallest absolute Gasteiger partial charge is 0.254 e. The van der Waals surface area contributed by atoms with E-state index in [-0.39, 0.29) is 29.4 Å². The third-order valence-corrected chi connectivity index (χ3v) is 6.55. The van der Waals surface area contributed by atoms with E-state index in [0.717, 1.165) is 11.1 Å². The van der Waals surface area contributed by atoms with Gasteiger partial charge in [-0.3, -0.25) is 9.59 Å². The Morgan fingerprint density at radius 3 is 2.21 bits per heavy atom. The van der Waals surface area contributed by atoms with Crippen LogP contribution in [-0.4, -0.2) is 53.8 Å². The van der Waals surface area contributed by atoms with Crippen LogP contribution in [0.3, 0.4) is 0 Å². The van der Waals surface area contributed by atoms with Crippen molar-refractivity contribution in [3.05, 3.63) is 59.2 Å². The van der Waals surface area contributed by atoms with Gasteiger partial charge in [-0.05, 0) is 25.8 Å². The Morgan fingerprint density at radius 2 is 1.59 bits per heavy atom. The second-order valence-electron chi connectivity index (χ2n) is 7.34. The van der Waals surface area contributed by atoms with E-state index in [0.29, 0.717) is 12.2 Å². The average molecular weight is 417 g/mol. The third-order valence-electron chi connectivity index (χ3n) is 4.82. The number of hydrogen-bond acceptors (Lipinski definition) is 6. The number of nitrogens with one attached hydrogen (secondary N) is 2. The van der Waals surface area contributed by atoms with Crippen molar-refractivity contribution in [2.24, 2.45) is 0 Å². The number of aryl methyl sites for hydroxylation is 3. The molecule has 1 aromatic carbocycles. The maximum atomic E-state index is 12.4. The molecule has 2 N–H and O–H groups in total. The highest BCUT2D eigenvalue weighted by Gasteiger charge is 2.39. The molecule has 3 rings (SSSR count). The van der Waals surface area contributed by atoms with Gasteiger partial charge in [0.15, 0.2) is 9.84 Å². The predicted octanol–water partition coefficient (Wildman–Crippen LogP) is 0.738. The molecule has 1 saturated heterocycles. The molecule has 2 aromatic rings. The zero-order valence-corrected chi connectivity index (χ0v) is 17.2. The summed E-state index contributed by atoms with van der Waals surface area (Å²) in [4.78, 5) is 32.7. The minimum absolute atomic E-state index is 0.196. The second-order valence-corrected chi connectivity index (χ2v) is 9.49. The van der Waals surface area contributed by atoms with Crippen LogP contribution in [0, 0.1) is 13.8 Å². The van der Waals surface area contributed by atoms with Crippen LogP contribution in [0.15, 0.2) is 36.7 Å². The van der Waals surface area contributed by atoms with Crippen molar-refractivity contribution in [2.75, 3.05) is 11.5 Å². The molecule has 154 valence electrons. The molecule has 0 spiro atoms. The van der Waals surface area contributed by atoms with Crippen LogP contribution in [0.2, 0.25) is 0 Å². The van der Waals surface area contributed by atoms with Crippen LogP contribution < -0.4 is 10.6 Å². The van der Waals surface area contributed by atoms with E-state index < -0.39 is 27.8 Å². The summed E-state index contributed by atoms with van der Waals surface area (Å²) < 4.78 is 24.2. The molecule has 0 unspecified atom stereocenters. The van der Waals surface area contributed by atoms with Crippen molar-refractivity contribution in [2.45, 2.75) is 38.8 Å². The first-order valence-electron chi connectivity index (χ1n) is 9.37. The molecular weight excluding hydrogens is 392 g/mol. The van der Waals surface area contributed by atoms with E-state index in [1.165, 1.54) is 12.4 Å². The summed E-state index contributed by atoms with van der Waals surface area (Å²) in [6.45, 7) is 3.70. The minimum Gasteiger partial charge on any atom is -0.350 e. The van der Waals surface area contributed by atoms with Crippen LogP contribution in [0.4, 0.5) is 0 Å². The number of rotatable bonds is 6. The molecule has 1 aliphatic heterocycles. The molecule has 1 aromatic heterocycles. The maximum absolute atomic E-state index is 12.4. The highest BCUT2D eigenvalue weighted by Crippen LogP contribution is 2.14. The van der Waals surface area contributed by atoms with Gasteiger partial charge in [0.25, 0.3) is 5.91 Å². The molecule has 1 fully saturated rings. The molecule has 29 heavy (non-hydrogen) atoms. The van der Waals surface area contributed by atoms with E-state index in [9.17, 15) is 18.0 Å². The van der Waals surface area contributed by atoms with Gasteiger partial charge in [0, 0.05) is 18.8 Å². The molecule has 8 nitrogen and oxygen atoms in total. The second kappa shape index (κ2) is 8.69. The topological polar surface area (TPSA) is 118 Å². The number of benzene rings is 1. The Labute approximate surface area is 170 Å². The van der Waals surface area contributed by atoms with Gasteiger partial charge in [0.2, 0.25) is 5.91 Å². The van der Waals surface area contributed by atoms with Gasteiger partial charge in [-0.2, -0.15) is 0 Å². The zero-order chi connectivity index (χ0) is 21.0. The van der Waals surface area contributed by atoms with Crippen molar-refractivity contribution in [1.29, 1.82) is 0 Å². The molecule has 9 heteroatoms. The molecule has 0 saturated carbocycles. The monoisotopic (exact) mass is 416 g/mol. The van der Waals surface area contributed by atoms with E-state index in [2.05, 4.69) is 20.6 Å². The van der Waals surface area contributed by atoms with E-state index in [1.54, 1.807) is 6.92 Å². The third kappa shape index (κ3) is 5.83. The first-order chi connectivity index (χ1) is 13.7. The van der Waals surface area contributed by atoms with Crippen molar-refractivity contribution < 1.29 is 18.0 Å². The number of carbonyl (C=O) groups excluding carboxylic acids is 2. The predicted molar refractivity (Wildman–Crippen MR) is 108 cm³/mol. The molecule has 2 heterocycles. The Morgan fingerprint density at radius 1 is 1.00 bits per heavy atom. The van der Waals surface area contributed by atoms with E-state index in [1.807, 2.05) is 31.2 Å². The van der Waals surface area contributed by atoms with Crippen LogP contribution in [-0.2, 0) is 21.1 Å². The van der Waals surface area contributed by atoms with Crippen LogP contribution in [0.25, 0.3) is 0 Å². The number of amides is 2. The lowest BCUT2D eigenvalue weighted by atomic mass is 10.1. The SMILES string of the molecule is Cc1ccc(CCC(=O)N[C@@H]2CS(=O)(=O)C[C@H]2NC(=O)c2cnc(C)nc2)cc1. The fourth-order valence-corrected chi connectivity index (χ4v) is 5.05. The fourth-order valence-electron chi connectivity index (χ4n) is 3.19. The van der Waals surface area contributed by atoms with Crippen molar-refractivity contribution >= 4 is 21.7 Å². The Kier molecular flexibility index (Phi) is 6.26. The van der Waals surface area contributed by atoms with Crippen molar-refractivity contribution in [3.8, 4) is 0 Å². The van der Waals surface area contributed by atoms with Gasteiger partial charge >= 0.3 is 0 Å². The average Bonchev–Trinajstić information content (AvgIpc) is 2.94. The minimum atomic E-state index is -3.36. The summed E-state index contributed by atoms with van der Waals surface area (Å²) in [6, 6.07) is 6.54. The Bertz CT molecular complexity index is 988. The van der Waals surface area contributed by atoms with Crippen molar-refractivity contribution in [3.63, 3.8) is 0 Å². The largest absolute Gasteiger partial charge is 0.350 e. The molecule has 0 bridgehead atoms. The van der Waals surface area contributed by atoms with Gasteiger partial charge in [-0.1, -0.05) is 29.8 Å². The first-order valence-corrected chi connectivity index (χ1v) is 11.2. The van der Waals surface area contributed by atoms with Crippen molar-refractivity contribution in [1.82, 2.24) is 20.6 Å². The Balaban J connectivity index is 1.60. The van der Waals surface area contributed by atoms with Crippen LogP contribution in [0.5, 0.6) is 0 Å². The highest BCUT2D eigenvalue weighted by atomic mass is 32.2. The standard InChI is InChI=1S/C20H24N4O4S/c1-13-3-5-15(6-4-13)7-8-19(25)23-17-11-29(27,28)12-18(17)24-20(26)16-9-21-14(2)22-10-16/h3-6,9-10,17-18H,7-8,11-12H2,1-2H3,(H,23,25)(H,24,26)/t17-,18-/m1/s1. The number of sulfone groups is 1. The number of hydrogen-bond donors (Lipinski definition) is 2. The number of nitrogens with zero attached hydrogens (tertiary/aromatic N) is 2. The molecule has 2 amide bonds. The van der Waals surface area contributed by atoms with E-state index in [4.69, 9.17) is 0 Å². The van der Waals surface area contributed by atoms with Gasteiger partial charge in [-0.25, -0.2) is 18.4 Å². The molecular formula is C20H24N4O4S. The maximum Gasteiger partial charge on any atom is 0.254 e. The summed E-state index contributed by atoms with van der Waals surface area (Å²) in [6.07, 6.45) is 3.57. The van der Waals surface area contributed by atoms with Crippen LogP contribution in [0.1, 0.15) is 33.7 Å². The summed E-state index contributed by atoms with van der Waals surface area (Å²) in [5, 5.41) is 5.46. The quantitative estimate of drug-likeness (QED) is 0.717.